The third-order valence-corrected chi connectivity index (χ3v) is 6.00. The molecule has 1 saturated heterocycles. The topological polar surface area (TPSA) is 95.9 Å². The highest BCUT2D eigenvalue weighted by Gasteiger charge is 2.26. The van der Waals surface area contributed by atoms with E-state index in [-0.39, 0.29) is 35.0 Å². The van der Waals surface area contributed by atoms with Crippen molar-refractivity contribution in [2.75, 3.05) is 31.6 Å². The SMILES string of the molecule is Cc1ccc(O)c(NC(=O)c2cccc(S(=O)(=O)N3CCOCC3)c2)c1. The number of rotatable bonds is 4. The summed E-state index contributed by atoms with van der Waals surface area (Å²) in [5.41, 5.74) is 1.35. The highest BCUT2D eigenvalue weighted by molar-refractivity contribution is 7.89. The van der Waals surface area contributed by atoms with Crippen LogP contribution in [0.25, 0.3) is 0 Å². The molecule has 0 aromatic heterocycles. The molecule has 2 aromatic carbocycles. The first kappa shape index (κ1) is 18.4. The Hall–Kier alpha value is -2.42. The van der Waals surface area contributed by atoms with Crippen LogP contribution >= 0.6 is 0 Å². The van der Waals surface area contributed by atoms with Gasteiger partial charge in [0.15, 0.2) is 0 Å². The number of carbonyl (C=O) groups excluding carboxylic acids is 1. The Labute approximate surface area is 152 Å². The maximum Gasteiger partial charge on any atom is 0.255 e. The Morgan fingerprint density at radius 2 is 1.88 bits per heavy atom. The standard InChI is InChI=1S/C18H20N2O5S/c1-13-5-6-17(21)16(11-13)19-18(22)14-3-2-4-15(12-14)26(23,24)20-7-9-25-10-8-20/h2-6,11-12,21H,7-10H2,1H3,(H,19,22). The maximum absolute atomic E-state index is 12.7. The Bertz CT molecular complexity index is 921. The molecule has 2 N–H and O–H groups in total. The number of nitrogens with one attached hydrogen (secondary N) is 1. The summed E-state index contributed by atoms with van der Waals surface area (Å²) in [6.45, 7) is 3.12. The van der Waals surface area contributed by atoms with Crippen LogP contribution in [-0.2, 0) is 14.8 Å². The van der Waals surface area contributed by atoms with E-state index in [1.54, 1.807) is 12.1 Å². The average molecular weight is 376 g/mol. The van der Waals surface area contributed by atoms with E-state index in [0.29, 0.717) is 13.2 Å². The van der Waals surface area contributed by atoms with E-state index in [1.165, 1.54) is 34.6 Å². The summed E-state index contributed by atoms with van der Waals surface area (Å²) in [4.78, 5) is 12.5. The van der Waals surface area contributed by atoms with Gasteiger partial charge in [-0.1, -0.05) is 12.1 Å². The van der Waals surface area contributed by atoms with Gasteiger partial charge in [0.05, 0.1) is 23.8 Å². The first-order chi connectivity index (χ1) is 12.4. The molecule has 1 fully saturated rings. The van der Waals surface area contributed by atoms with E-state index in [2.05, 4.69) is 5.32 Å². The highest BCUT2D eigenvalue weighted by Crippen LogP contribution is 2.25. The van der Waals surface area contributed by atoms with Gasteiger partial charge in [-0.3, -0.25) is 4.79 Å². The van der Waals surface area contributed by atoms with Gasteiger partial charge in [-0.05, 0) is 42.8 Å². The predicted octanol–water partition coefficient (Wildman–Crippen LogP) is 1.97. The lowest BCUT2D eigenvalue weighted by Gasteiger charge is -2.26. The number of amides is 1. The molecule has 0 aliphatic carbocycles. The third kappa shape index (κ3) is 3.87. The number of hydrogen-bond acceptors (Lipinski definition) is 5. The van der Waals surface area contributed by atoms with Gasteiger partial charge in [-0.15, -0.1) is 0 Å². The Kier molecular flexibility index (Phi) is 5.26. The molecule has 0 saturated carbocycles. The summed E-state index contributed by atoms with van der Waals surface area (Å²) in [5.74, 6) is -0.550. The summed E-state index contributed by atoms with van der Waals surface area (Å²) < 4.78 is 32.0. The van der Waals surface area contributed by atoms with E-state index in [9.17, 15) is 18.3 Å². The lowest BCUT2D eigenvalue weighted by Crippen LogP contribution is -2.40. The zero-order valence-electron chi connectivity index (χ0n) is 14.3. The number of phenols is 1. The normalized spacial score (nSPS) is 15.6. The molecule has 26 heavy (non-hydrogen) atoms. The van der Waals surface area contributed by atoms with Crippen LogP contribution in [0.4, 0.5) is 5.69 Å². The average Bonchev–Trinajstić information content (AvgIpc) is 2.65. The number of aromatic hydroxyl groups is 1. The van der Waals surface area contributed by atoms with Gasteiger partial charge in [0.2, 0.25) is 10.0 Å². The molecule has 0 unspecified atom stereocenters. The van der Waals surface area contributed by atoms with Crippen molar-refractivity contribution < 1.29 is 23.1 Å². The van der Waals surface area contributed by atoms with Gasteiger partial charge in [0.1, 0.15) is 5.75 Å². The number of morpholine rings is 1. The number of hydrogen-bond donors (Lipinski definition) is 2. The van der Waals surface area contributed by atoms with Crippen LogP contribution in [0.2, 0.25) is 0 Å². The van der Waals surface area contributed by atoms with Crippen LogP contribution in [0.15, 0.2) is 47.4 Å². The zero-order chi connectivity index (χ0) is 18.7. The summed E-state index contributed by atoms with van der Waals surface area (Å²) in [7, 11) is -3.68. The fourth-order valence-electron chi connectivity index (χ4n) is 2.68. The number of benzene rings is 2. The van der Waals surface area contributed by atoms with Crippen molar-refractivity contribution >= 4 is 21.6 Å². The first-order valence-electron chi connectivity index (χ1n) is 8.17. The number of anilines is 1. The number of phenolic OH excluding ortho intramolecular Hbond substituents is 1. The van der Waals surface area contributed by atoms with E-state index in [4.69, 9.17) is 4.74 Å². The quantitative estimate of drug-likeness (QED) is 0.796. The Balaban J connectivity index is 1.84. The largest absolute Gasteiger partial charge is 0.506 e. The molecule has 138 valence electrons. The van der Waals surface area contributed by atoms with Crippen molar-refractivity contribution in [1.29, 1.82) is 0 Å². The van der Waals surface area contributed by atoms with E-state index < -0.39 is 15.9 Å². The fraction of sp³-hybridized carbons (Fsp3) is 0.278. The van der Waals surface area contributed by atoms with Crippen molar-refractivity contribution in [3.8, 4) is 5.75 Å². The van der Waals surface area contributed by atoms with Crippen LogP contribution in [0.5, 0.6) is 5.75 Å². The zero-order valence-corrected chi connectivity index (χ0v) is 15.1. The molecule has 3 rings (SSSR count). The van der Waals surface area contributed by atoms with Crippen molar-refractivity contribution in [1.82, 2.24) is 4.31 Å². The van der Waals surface area contributed by atoms with Crippen molar-refractivity contribution in [3.63, 3.8) is 0 Å². The van der Waals surface area contributed by atoms with Crippen LogP contribution < -0.4 is 5.32 Å². The molecular formula is C18H20N2O5S. The van der Waals surface area contributed by atoms with Gasteiger partial charge in [-0.25, -0.2) is 8.42 Å². The molecular weight excluding hydrogens is 356 g/mol. The van der Waals surface area contributed by atoms with Crippen LogP contribution in [-0.4, -0.2) is 50.0 Å². The van der Waals surface area contributed by atoms with E-state index >= 15 is 0 Å². The molecule has 1 aliphatic heterocycles. The number of sulfonamides is 1. The molecule has 1 aliphatic rings. The Morgan fingerprint density at radius 3 is 2.62 bits per heavy atom. The van der Waals surface area contributed by atoms with E-state index in [1.807, 2.05) is 6.92 Å². The third-order valence-electron chi connectivity index (χ3n) is 4.10. The highest BCUT2D eigenvalue weighted by atomic mass is 32.2. The summed E-state index contributed by atoms with van der Waals surface area (Å²) >= 11 is 0. The van der Waals surface area contributed by atoms with Crippen molar-refractivity contribution in [3.05, 3.63) is 53.6 Å². The number of nitrogens with zero attached hydrogens (tertiary/aromatic N) is 1. The minimum Gasteiger partial charge on any atom is -0.506 e. The predicted molar refractivity (Wildman–Crippen MR) is 96.8 cm³/mol. The molecule has 0 bridgehead atoms. The van der Waals surface area contributed by atoms with Gasteiger partial charge in [0.25, 0.3) is 5.91 Å². The summed E-state index contributed by atoms with van der Waals surface area (Å²) in [6.07, 6.45) is 0. The number of aryl methyl sites for hydroxylation is 1. The fourth-order valence-corrected chi connectivity index (χ4v) is 4.13. The molecule has 0 atom stereocenters. The second kappa shape index (κ2) is 7.45. The second-order valence-electron chi connectivity index (χ2n) is 6.02. The van der Waals surface area contributed by atoms with Gasteiger partial charge < -0.3 is 15.2 Å². The van der Waals surface area contributed by atoms with Gasteiger partial charge in [-0.2, -0.15) is 4.31 Å². The molecule has 8 heteroatoms. The molecule has 7 nitrogen and oxygen atoms in total. The Morgan fingerprint density at radius 1 is 1.15 bits per heavy atom. The molecule has 0 spiro atoms. The van der Waals surface area contributed by atoms with E-state index in [0.717, 1.165) is 5.56 Å². The second-order valence-corrected chi connectivity index (χ2v) is 7.96. The van der Waals surface area contributed by atoms with Crippen LogP contribution in [0.3, 0.4) is 0 Å². The lowest BCUT2D eigenvalue weighted by atomic mass is 10.1. The molecule has 0 radical (unpaired) electrons. The van der Waals surface area contributed by atoms with Gasteiger partial charge >= 0.3 is 0 Å². The summed E-state index contributed by atoms with van der Waals surface area (Å²) in [5, 5.41) is 12.5. The minimum atomic E-state index is -3.68. The molecule has 2 aromatic rings. The van der Waals surface area contributed by atoms with Crippen molar-refractivity contribution in [2.45, 2.75) is 11.8 Å². The number of ether oxygens (including phenoxy) is 1. The molecule has 1 amide bonds. The maximum atomic E-state index is 12.7. The first-order valence-corrected chi connectivity index (χ1v) is 9.61. The lowest BCUT2D eigenvalue weighted by molar-refractivity contribution is 0.0730. The number of carbonyl (C=O) groups is 1. The molecule has 1 heterocycles. The monoisotopic (exact) mass is 376 g/mol. The smallest absolute Gasteiger partial charge is 0.255 e. The van der Waals surface area contributed by atoms with Crippen molar-refractivity contribution in [2.24, 2.45) is 0 Å². The van der Waals surface area contributed by atoms with Gasteiger partial charge in [0, 0.05) is 18.7 Å². The minimum absolute atomic E-state index is 0.0546. The summed E-state index contributed by atoms with van der Waals surface area (Å²) in [6, 6.07) is 10.7. The van der Waals surface area contributed by atoms with Crippen LogP contribution in [0.1, 0.15) is 15.9 Å². The van der Waals surface area contributed by atoms with Crippen LogP contribution in [0, 0.1) is 6.92 Å².